The summed E-state index contributed by atoms with van der Waals surface area (Å²) >= 11 is 0. The summed E-state index contributed by atoms with van der Waals surface area (Å²) in [4.78, 5) is 23.3. The van der Waals surface area contributed by atoms with Gasteiger partial charge in [0.05, 0.1) is 0 Å². The Morgan fingerprint density at radius 2 is 2.08 bits per heavy atom. The van der Waals surface area contributed by atoms with Gasteiger partial charge in [-0.15, -0.1) is 0 Å². The van der Waals surface area contributed by atoms with Crippen molar-refractivity contribution < 1.29 is 43.1 Å². The molecule has 0 saturated carbocycles. The van der Waals surface area contributed by atoms with E-state index in [1.807, 2.05) is 5.32 Å². The van der Waals surface area contributed by atoms with Gasteiger partial charge in [0.2, 0.25) is 6.41 Å². The van der Waals surface area contributed by atoms with Gasteiger partial charge >= 0.3 is 10.4 Å². The summed E-state index contributed by atoms with van der Waals surface area (Å²) in [6.07, 6.45) is 0.185. The zero-order valence-electron chi connectivity index (χ0n) is 5.52. The molecule has 12 heavy (non-hydrogen) atoms. The predicted molar refractivity (Wildman–Crippen MR) is 21.2 cm³/mol. The number of hydrogen-bond acceptors (Lipinski definition) is 7. The molecule has 0 atom stereocenters. The molecule has 0 unspecified atom stereocenters. The van der Waals surface area contributed by atoms with Crippen LogP contribution in [0.4, 0.5) is 0 Å². The lowest BCUT2D eigenvalue weighted by Crippen LogP contribution is -2.61. The van der Waals surface area contributed by atoms with E-state index in [4.69, 9.17) is 0 Å². The molecule has 0 rings (SSSR count). The minimum atomic E-state index is -4.80. The number of carbonyl (C=O) groups is 2. The van der Waals surface area contributed by atoms with E-state index in [2.05, 4.69) is 9.33 Å². The Labute approximate surface area is 68.3 Å². The molecule has 0 aliphatic rings. The van der Waals surface area contributed by atoms with Gasteiger partial charge < -0.3 is 5.32 Å². The van der Waals surface area contributed by atoms with Crippen LogP contribution < -0.4 is 19.3 Å². The highest BCUT2D eigenvalue weighted by Crippen LogP contribution is 1.89. The predicted octanol–water partition coefficient (Wildman–Crippen LogP) is -4.90. The smallest absolute Gasteiger partial charge is 0.348 e. The molecule has 1 N–H and O–H groups in total. The third-order valence-electron chi connectivity index (χ3n) is 0.531. The van der Waals surface area contributed by atoms with Crippen LogP contribution >= 0.6 is 0 Å². The van der Waals surface area contributed by atoms with Crippen molar-refractivity contribution in [3.8, 4) is 0 Å². The van der Waals surface area contributed by atoms with Gasteiger partial charge in [-0.1, -0.05) is 0 Å². The Kier molecular flexibility index (Phi) is 4.47. The van der Waals surface area contributed by atoms with Crippen LogP contribution in [0.25, 0.3) is 0 Å². The zero-order chi connectivity index (χ0) is 9.61. The summed E-state index contributed by atoms with van der Waals surface area (Å²) in [5, 5.41) is 1.85. The SMILES string of the molecule is O=CNCC(=O)OO[Cl+3]([O-])([O-])[O-]. The highest BCUT2D eigenvalue weighted by molar-refractivity contribution is 5.73. The second-order valence-corrected chi connectivity index (χ2v) is 2.28. The third-order valence-corrected chi connectivity index (χ3v) is 0.749. The molecule has 1 amide bonds. The topological polar surface area (TPSA) is 134 Å². The molecule has 0 aliphatic heterocycles. The lowest BCUT2D eigenvalue weighted by atomic mass is 10.7. The summed E-state index contributed by atoms with van der Waals surface area (Å²) < 4.78 is 32.0. The minimum Gasteiger partial charge on any atom is -0.348 e. The van der Waals surface area contributed by atoms with Crippen molar-refractivity contribution in [2.75, 3.05) is 6.54 Å². The Morgan fingerprint density at radius 1 is 1.50 bits per heavy atom. The summed E-state index contributed by atoms with van der Waals surface area (Å²) in [7, 11) is -4.80. The molecule has 0 aromatic heterocycles. The molecule has 70 valence electrons. The summed E-state index contributed by atoms with van der Waals surface area (Å²) in [5.41, 5.74) is 0. The fourth-order valence-corrected chi connectivity index (χ4v) is 0.376. The van der Waals surface area contributed by atoms with Crippen molar-refractivity contribution in [2.45, 2.75) is 0 Å². The van der Waals surface area contributed by atoms with Crippen LogP contribution in [0.3, 0.4) is 0 Å². The molecule has 0 aliphatic carbocycles. The van der Waals surface area contributed by atoms with E-state index in [1.54, 1.807) is 0 Å². The largest absolute Gasteiger partial charge is 0.377 e. The molecule has 8 nitrogen and oxygen atoms in total. The molecule has 0 fully saturated rings. The molecule has 0 spiro atoms. The zero-order valence-corrected chi connectivity index (χ0v) is 6.28. The fourth-order valence-electron chi connectivity index (χ4n) is 0.228. The van der Waals surface area contributed by atoms with Gasteiger partial charge in [-0.25, -0.2) is 4.79 Å². The molecule has 0 heterocycles. The molecule has 0 radical (unpaired) electrons. The number of carbonyl (C=O) groups excluding carboxylic acids is 2. The van der Waals surface area contributed by atoms with E-state index in [1.165, 1.54) is 0 Å². The molecule has 9 heteroatoms. The number of halogens is 1. The van der Waals surface area contributed by atoms with Crippen LogP contribution in [-0.4, -0.2) is 18.9 Å². The van der Waals surface area contributed by atoms with Crippen molar-refractivity contribution in [1.82, 2.24) is 5.32 Å². The van der Waals surface area contributed by atoms with Crippen molar-refractivity contribution in [2.24, 2.45) is 0 Å². The Hall–Kier alpha value is -0.930. The molecule has 0 saturated heterocycles. The number of nitrogens with one attached hydrogen (secondary N) is 1. The summed E-state index contributed by atoms with van der Waals surface area (Å²) in [5.74, 6) is -1.21. The Morgan fingerprint density at radius 3 is 2.50 bits per heavy atom. The maximum Gasteiger partial charge on any atom is 0.377 e. The van der Waals surface area contributed by atoms with Gasteiger partial charge in [0.15, 0.2) is 0 Å². The Balaban J connectivity index is 3.51. The molecular weight excluding hydrogens is 197 g/mol. The maximum atomic E-state index is 10.3. The van der Waals surface area contributed by atoms with Gasteiger partial charge in [-0.2, -0.15) is 18.9 Å². The van der Waals surface area contributed by atoms with E-state index in [-0.39, 0.29) is 6.41 Å². The quantitative estimate of drug-likeness (QED) is 0.268. The van der Waals surface area contributed by atoms with Crippen molar-refractivity contribution in [3.05, 3.63) is 0 Å². The van der Waals surface area contributed by atoms with Gasteiger partial charge in [0.25, 0.3) is 0 Å². The van der Waals surface area contributed by atoms with Gasteiger partial charge in [-0.05, 0) is 0 Å². The molecule has 0 aromatic carbocycles. The van der Waals surface area contributed by atoms with Crippen molar-refractivity contribution >= 4 is 12.4 Å². The second-order valence-electron chi connectivity index (χ2n) is 1.40. The lowest BCUT2D eigenvalue weighted by molar-refractivity contribution is -1.93. The molecule has 0 bridgehead atoms. The van der Waals surface area contributed by atoms with E-state index in [0.717, 1.165) is 0 Å². The first-order valence-electron chi connectivity index (χ1n) is 2.42. The number of rotatable bonds is 5. The Bertz CT molecular complexity index is 165. The van der Waals surface area contributed by atoms with E-state index in [0.29, 0.717) is 0 Å². The number of hydrogen-bond donors (Lipinski definition) is 1. The average Bonchev–Trinajstić information content (AvgIpc) is 1.95. The van der Waals surface area contributed by atoms with Crippen LogP contribution in [0.15, 0.2) is 0 Å². The van der Waals surface area contributed by atoms with Crippen LogP contribution in [0, 0.1) is 10.2 Å². The second kappa shape index (κ2) is 4.85. The normalized spacial score (nSPS) is 10.6. The lowest BCUT2D eigenvalue weighted by Gasteiger charge is -2.08. The third kappa shape index (κ3) is 7.18. The monoisotopic (exact) mass is 201 g/mol. The van der Waals surface area contributed by atoms with Crippen molar-refractivity contribution in [1.29, 1.82) is 0 Å². The van der Waals surface area contributed by atoms with Crippen LogP contribution in [0.1, 0.15) is 0 Å². The number of amides is 1. The van der Waals surface area contributed by atoms with Crippen LogP contribution in [-0.2, 0) is 18.9 Å². The van der Waals surface area contributed by atoms with Gasteiger partial charge in [-0.3, -0.25) is 4.79 Å². The summed E-state index contributed by atoms with van der Waals surface area (Å²) in [6.45, 7) is -0.589. The van der Waals surface area contributed by atoms with Crippen LogP contribution in [0.5, 0.6) is 0 Å². The van der Waals surface area contributed by atoms with Crippen molar-refractivity contribution in [3.63, 3.8) is 0 Å². The average molecular weight is 202 g/mol. The first-order chi connectivity index (χ1) is 5.45. The van der Waals surface area contributed by atoms with E-state index < -0.39 is 22.8 Å². The van der Waals surface area contributed by atoms with Crippen LogP contribution in [0.2, 0.25) is 0 Å². The van der Waals surface area contributed by atoms with Gasteiger partial charge in [0, 0.05) is 0 Å². The molecular formula is C3H4ClNO7. The highest BCUT2D eigenvalue weighted by atomic mass is 35.7. The maximum absolute atomic E-state index is 10.3. The first kappa shape index (κ1) is 11.1. The minimum absolute atomic E-state index is 0.185. The first-order valence-corrected chi connectivity index (χ1v) is 3.66. The van der Waals surface area contributed by atoms with E-state index >= 15 is 0 Å². The molecule has 0 aromatic rings. The van der Waals surface area contributed by atoms with Gasteiger partial charge in [0.1, 0.15) is 16.8 Å². The van der Waals surface area contributed by atoms with E-state index in [9.17, 15) is 23.6 Å². The summed E-state index contributed by atoms with van der Waals surface area (Å²) in [6, 6.07) is 0. The highest BCUT2D eigenvalue weighted by Gasteiger charge is 2.23. The fraction of sp³-hybridized carbons (Fsp3) is 0.333. The standard InChI is InChI=1S/C3H4ClNO7/c6-2-5-1-3(7)11-12-4(8,9)10/h2H,1H2,(H,5,6).